The molecule has 2 rings (SSSR count). The molecule has 1 heterocycles. The van der Waals surface area contributed by atoms with E-state index < -0.39 is 0 Å². The van der Waals surface area contributed by atoms with Crippen molar-refractivity contribution in [2.45, 2.75) is 38.6 Å². The van der Waals surface area contributed by atoms with Gasteiger partial charge in [-0.15, -0.1) is 0 Å². The van der Waals surface area contributed by atoms with Gasteiger partial charge in [0.05, 0.1) is 10.7 Å². The molecule has 0 saturated heterocycles. The normalized spacial score (nSPS) is 16.8. The lowest BCUT2D eigenvalue weighted by atomic mass is 9.89. The number of aromatic nitrogens is 1. The van der Waals surface area contributed by atoms with Crippen molar-refractivity contribution in [1.82, 2.24) is 4.98 Å². The molecule has 2 N–H and O–H groups in total. The summed E-state index contributed by atoms with van der Waals surface area (Å²) >= 11 is 6.03. The van der Waals surface area contributed by atoms with Gasteiger partial charge in [0.25, 0.3) is 0 Å². The summed E-state index contributed by atoms with van der Waals surface area (Å²) in [5, 5.41) is 0.660. The van der Waals surface area contributed by atoms with Crippen molar-refractivity contribution >= 4 is 17.4 Å². The van der Waals surface area contributed by atoms with Gasteiger partial charge >= 0.3 is 0 Å². The number of hydrogen-bond donors (Lipinski definition) is 1. The van der Waals surface area contributed by atoms with Crippen molar-refractivity contribution in [3.05, 3.63) is 22.8 Å². The van der Waals surface area contributed by atoms with Crippen LogP contribution in [-0.2, 0) is 6.54 Å². The molecule has 18 heavy (non-hydrogen) atoms. The van der Waals surface area contributed by atoms with Crippen LogP contribution in [0.1, 0.15) is 37.8 Å². The highest BCUT2D eigenvalue weighted by atomic mass is 35.5. The second kappa shape index (κ2) is 6.39. The number of pyridine rings is 1. The number of nitrogens with two attached hydrogens (primary N) is 1. The number of rotatable bonds is 4. The Morgan fingerprint density at radius 1 is 1.33 bits per heavy atom. The number of hydrogen-bond acceptors (Lipinski definition) is 3. The van der Waals surface area contributed by atoms with Crippen LogP contribution in [0.25, 0.3) is 0 Å². The van der Waals surface area contributed by atoms with E-state index in [1.807, 2.05) is 12.1 Å². The maximum atomic E-state index is 6.03. The van der Waals surface area contributed by atoms with Gasteiger partial charge in [0.1, 0.15) is 5.82 Å². The van der Waals surface area contributed by atoms with Crippen molar-refractivity contribution in [3.63, 3.8) is 0 Å². The molecule has 0 amide bonds. The summed E-state index contributed by atoms with van der Waals surface area (Å²) in [7, 11) is 2.10. The summed E-state index contributed by atoms with van der Waals surface area (Å²) in [4.78, 5) is 6.75. The monoisotopic (exact) mass is 267 g/mol. The fraction of sp³-hybridized carbons (Fsp3) is 0.643. The molecule has 0 radical (unpaired) electrons. The average molecular weight is 268 g/mol. The van der Waals surface area contributed by atoms with Crippen molar-refractivity contribution in [2.75, 3.05) is 18.5 Å². The van der Waals surface area contributed by atoms with Gasteiger partial charge in [-0.2, -0.15) is 0 Å². The maximum Gasteiger partial charge on any atom is 0.128 e. The third kappa shape index (κ3) is 3.36. The van der Waals surface area contributed by atoms with Crippen LogP contribution in [0.3, 0.4) is 0 Å². The van der Waals surface area contributed by atoms with Crippen molar-refractivity contribution in [3.8, 4) is 0 Å². The van der Waals surface area contributed by atoms with Gasteiger partial charge in [-0.3, -0.25) is 0 Å². The summed E-state index contributed by atoms with van der Waals surface area (Å²) in [5.74, 6) is 1.79. The summed E-state index contributed by atoms with van der Waals surface area (Å²) < 4.78 is 0. The zero-order chi connectivity index (χ0) is 13.0. The van der Waals surface area contributed by atoms with E-state index in [1.165, 1.54) is 32.1 Å². The Bertz CT molecular complexity index is 389. The molecule has 100 valence electrons. The topological polar surface area (TPSA) is 42.1 Å². The molecule has 1 saturated carbocycles. The molecule has 0 bridgehead atoms. The minimum Gasteiger partial charge on any atom is -0.359 e. The largest absolute Gasteiger partial charge is 0.359 e. The molecular formula is C14H22ClN3. The van der Waals surface area contributed by atoms with E-state index >= 15 is 0 Å². The number of halogens is 1. The molecule has 1 aromatic rings. The van der Waals surface area contributed by atoms with Gasteiger partial charge in [0.2, 0.25) is 0 Å². The molecule has 1 fully saturated rings. The SMILES string of the molecule is CN(CC1CCCCC1)c1ccc(Cl)c(CN)n1. The van der Waals surface area contributed by atoms with Crippen LogP contribution >= 0.6 is 11.6 Å². The third-order valence-electron chi connectivity index (χ3n) is 3.75. The Balaban J connectivity index is 2.01. The van der Waals surface area contributed by atoms with Gasteiger partial charge in [0, 0.05) is 20.1 Å². The number of anilines is 1. The highest BCUT2D eigenvalue weighted by molar-refractivity contribution is 6.31. The first kappa shape index (κ1) is 13.6. The predicted octanol–water partition coefficient (Wildman–Crippen LogP) is 3.21. The molecule has 1 aliphatic rings. The summed E-state index contributed by atoms with van der Waals surface area (Å²) in [6, 6.07) is 3.87. The second-order valence-electron chi connectivity index (χ2n) is 5.19. The smallest absolute Gasteiger partial charge is 0.128 e. The van der Waals surface area contributed by atoms with Gasteiger partial charge < -0.3 is 10.6 Å². The van der Waals surface area contributed by atoms with E-state index in [0.717, 1.165) is 24.0 Å². The van der Waals surface area contributed by atoms with Crippen LogP contribution in [-0.4, -0.2) is 18.6 Å². The van der Waals surface area contributed by atoms with Gasteiger partial charge in [-0.05, 0) is 30.9 Å². The van der Waals surface area contributed by atoms with E-state index in [2.05, 4.69) is 16.9 Å². The average Bonchev–Trinajstić information content (AvgIpc) is 2.40. The van der Waals surface area contributed by atoms with Gasteiger partial charge in [-0.25, -0.2) is 4.98 Å². The van der Waals surface area contributed by atoms with E-state index in [0.29, 0.717) is 11.6 Å². The summed E-state index contributed by atoms with van der Waals surface area (Å²) in [5.41, 5.74) is 6.42. The van der Waals surface area contributed by atoms with E-state index in [-0.39, 0.29) is 0 Å². The van der Waals surface area contributed by atoms with Crippen molar-refractivity contribution in [2.24, 2.45) is 11.7 Å². The summed E-state index contributed by atoms with van der Waals surface area (Å²) in [6.45, 7) is 1.47. The molecule has 0 aliphatic heterocycles. The third-order valence-corrected chi connectivity index (χ3v) is 4.09. The van der Waals surface area contributed by atoms with Gasteiger partial charge in [-0.1, -0.05) is 30.9 Å². The molecule has 0 atom stereocenters. The van der Waals surface area contributed by atoms with Crippen LogP contribution in [0.2, 0.25) is 5.02 Å². The minimum atomic E-state index is 0.393. The first-order valence-corrected chi connectivity index (χ1v) is 7.15. The first-order valence-electron chi connectivity index (χ1n) is 6.77. The van der Waals surface area contributed by atoms with Crippen molar-refractivity contribution < 1.29 is 0 Å². The van der Waals surface area contributed by atoms with Crippen LogP contribution in [0.15, 0.2) is 12.1 Å². The second-order valence-corrected chi connectivity index (χ2v) is 5.59. The zero-order valence-corrected chi connectivity index (χ0v) is 11.8. The Labute approximate surface area is 114 Å². The van der Waals surface area contributed by atoms with E-state index in [4.69, 9.17) is 17.3 Å². The Morgan fingerprint density at radius 2 is 2.06 bits per heavy atom. The Kier molecular flexibility index (Phi) is 4.84. The highest BCUT2D eigenvalue weighted by Gasteiger charge is 2.16. The molecule has 4 heteroatoms. The molecule has 0 aromatic carbocycles. The van der Waals surface area contributed by atoms with Crippen LogP contribution in [0.5, 0.6) is 0 Å². The lowest BCUT2D eigenvalue weighted by Crippen LogP contribution is -2.27. The lowest BCUT2D eigenvalue weighted by molar-refractivity contribution is 0.361. The van der Waals surface area contributed by atoms with E-state index in [9.17, 15) is 0 Å². The molecule has 1 aliphatic carbocycles. The predicted molar refractivity (Wildman–Crippen MR) is 77.0 cm³/mol. The molecule has 0 unspecified atom stereocenters. The molecule has 3 nitrogen and oxygen atoms in total. The van der Waals surface area contributed by atoms with Crippen LogP contribution < -0.4 is 10.6 Å². The molecular weight excluding hydrogens is 246 g/mol. The lowest BCUT2D eigenvalue weighted by Gasteiger charge is -2.28. The fourth-order valence-corrected chi connectivity index (χ4v) is 2.86. The number of nitrogens with zero attached hydrogens (tertiary/aromatic N) is 2. The molecule has 1 aromatic heterocycles. The highest BCUT2D eigenvalue weighted by Crippen LogP contribution is 2.26. The maximum absolute atomic E-state index is 6.03. The molecule has 0 spiro atoms. The van der Waals surface area contributed by atoms with E-state index in [1.54, 1.807) is 0 Å². The van der Waals surface area contributed by atoms with Crippen LogP contribution in [0.4, 0.5) is 5.82 Å². The Morgan fingerprint density at radius 3 is 2.72 bits per heavy atom. The standard InChI is InChI=1S/C14H22ClN3/c1-18(10-11-5-3-2-4-6-11)14-8-7-12(15)13(9-16)17-14/h7-8,11H,2-6,9-10,16H2,1H3. The zero-order valence-electron chi connectivity index (χ0n) is 11.0. The van der Waals surface area contributed by atoms with Crippen LogP contribution in [0, 0.1) is 5.92 Å². The van der Waals surface area contributed by atoms with Crippen molar-refractivity contribution in [1.29, 1.82) is 0 Å². The minimum absolute atomic E-state index is 0.393. The summed E-state index contributed by atoms with van der Waals surface area (Å²) in [6.07, 6.45) is 6.85. The fourth-order valence-electron chi connectivity index (χ4n) is 2.68. The first-order chi connectivity index (χ1) is 8.70. The quantitative estimate of drug-likeness (QED) is 0.911. The van der Waals surface area contributed by atoms with Gasteiger partial charge in [0.15, 0.2) is 0 Å². The Hall–Kier alpha value is -0.800.